The van der Waals surface area contributed by atoms with Crippen LogP contribution in [-0.2, 0) is 19.0 Å². The summed E-state index contributed by atoms with van der Waals surface area (Å²) in [4.78, 5) is 11.8. The first kappa shape index (κ1) is 24.3. The van der Waals surface area contributed by atoms with Gasteiger partial charge in [-0.25, -0.2) is 0 Å². The number of allylic oxidation sites excluding steroid dienone is 2. The monoisotopic (exact) mass is 434 g/mol. The molecule has 3 saturated heterocycles. The first-order chi connectivity index (χ1) is 14.9. The molecule has 3 heterocycles. The summed E-state index contributed by atoms with van der Waals surface area (Å²) in [6.45, 7) is 6.31. The van der Waals surface area contributed by atoms with Gasteiger partial charge in [0.25, 0.3) is 0 Å². The molecule has 0 saturated carbocycles. The van der Waals surface area contributed by atoms with Gasteiger partial charge in [0.1, 0.15) is 11.9 Å². The number of rotatable bonds is 10. The Labute approximate surface area is 188 Å². The third-order valence-electron chi connectivity index (χ3n) is 7.02. The Bertz CT molecular complexity index is 650. The van der Waals surface area contributed by atoms with Gasteiger partial charge in [0.05, 0.1) is 18.6 Å². The molecule has 0 radical (unpaired) electrons. The van der Waals surface area contributed by atoms with Gasteiger partial charge in [0.2, 0.25) is 0 Å². The van der Waals surface area contributed by atoms with Crippen LogP contribution in [0.4, 0.5) is 0 Å². The van der Waals surface area contributed by atoms with Gasteiger partial charge in [-0.1, -0.05) is 33.1 Å². The molecular weight excluding hydrogens is 392 g/mol. The summed E-state index contributed by atoms with van der Waals surface area (Å²) in [7, 11) is 0. The molecule has 5 atom stereocenters. The summed E-state index contributed by atoms with van der Waals surface area (Å²) in [6, 6.07) is 0. The van der Waals surface area contributed by atoms with Gasteiger partial charge in [0, 0.05) is 12.8 Å². The van der Waals surface area contributed by atoms with Crippen molar-refractivity contribution < 1.29 is 24.1 Å². The zero-order chi connectivity index (χ0) is 22.3. The Morgan fingerprint density at radius 3 is 2.65 bits per heavy atom. The standard InChI is InChI=1S/C26H42O5/c1-4-19(2)16-22(27)17-21-18-25(28)29-24(21)12-8-6-5-7-10-23-11-9-14-26(31-23)15-13-20(3)30-26/h16-17,19-20,23-24,27H,4-15,18H2,1-3H3/b21-17+,22-16+. The number of aliphatic hydroxyl groups excluding tert-OH is 1. The molecule has 3 fully saturated rings. The summed E-state index contributed by atoms with van der Waals surface area (Å²) >= 11 is 0. The lowest BCUT2D eigenvalue weighted by Gasteiger charge is -2.38. The van der Waals surface area contributed by atoms with Crippen LogP contribution in [0.1, 0.15) is 104 Å². The third-order valence-corrected chi connectivity index (χ3v) is 7.02. The number of esters is 1. The van der Waals surface area contributed by atoms with Crippen LogP contribution in [0.15, 0.2) is 23.5 Å². The number of hydrogen-bond acceptors (Lipinski definition) is 5. The van der Waals surface area contributed by atoms with Crippen LogP contribution >= 0.6 is 0 Å². The Morgan fingerprint density at radius 1 is 1.16 bits per heavy atom. The molecule has 3 aliphatic heterocycles. The number of carbonyl (C=O) groups is 1. The Hall–Kier alpha value is -1.33. The van der Waals surface area contributed by atoms with Gasteiger partial charge in [-0.05, 0) is 75.5 Å². The molecule has 1 N–H and O–H groups in total. The first-order valence-electron chi connectivity index (χ1n) is 12.6. The van der Waals surface area contributed by atoms with Crippen molar-refractivity contribution in [1.82, 2.24) is 0 Å². The van der Waals surface area contributed by atoms with Crippen molar-refractivity contribution >= 4 is 5.97 Å². The fourth-order valence-electron chi connectivity index (χ4n) is 5.05. The van der Waals surface area contributed by atoms with Crippen molar-refractivity contribution in [3.63, 3.8) is 0 Å². The van der Waals surface area contributed by atoms with Crippen LogP contribution in [0.2, 0.25) is 0 Å². The highest BCUT2D eigenvalue weighted by atomic mass is 16.7. The van der Waals surface area contributed by atoms with Gasteiger partial charge in [0.15, 0.2) is 5.79 Å². The topological polar surface area (TPSA) is 65.0 Å². The zero-order valence-electron chi connectivity index (χ0n) is 19.7. The van der Waals surface area contributed by atoms with Gasteiger partial charge in [-0.15, -0.1) is 0 Å². The predicted molar refractivity (Wildman–Crippen MR) is 122 cm³/mol. The van der Waals surface area contributed by atoms with Crippen LogP contribution in [-0.4, -0.2) is 35.2 Å². The number of aliphatic hydroxyl groups is 1. The van der Waals surface area contributed by atoms with Crippen molar-refractivity contribution in [3.05, 3.63) is 23.5 Å². The van der Waals surface area contributed by atoms with Crippen LogP contribution < -0.4 is 0 Å². The third kappa shape index (κ3) is 7.35. The van der Waals surface area contributed by atoms with Gasteiger partial charge in [-0.3, -0.25) is 4.79 Å². The molecule has 0 aromatic rings. The molecule has 0 amide bonds. The highest BCUT2D eigenvalue weighted by Crippen LogP contribution is 2.41. The van der Waals surface area contributed by atoms with Crippen molar-refractivity contribution in [2.24, 2.45) is 5.92 Å². The summed E-state index contributed by atoms with van der Waals surface area (Å²) in [5, 5.41) is 10.2. The molecule has 1 spiro atoms. The molecule has 5 nitrogen and oxygen atoms in total. The molecule has 5 heteroatoms. The molecular formula is C26H42O5. The largest absolute Gasteiger partial charge is 0.508 e. The van der Waals surface area contributed by atoms with E-state index in [2.05, 4.69) is 20.8 Å². The van der Waals surface area contributed by atoms with Crippen molar-refractivity contribution in [2.45, 2.75) is 128 Å². The molecule has 0 bridgehead atoms. The molecule has 31 heavy (non-hydrogen) atoms. The minimum atomic E-state index is -0.285. The lowest BCUT2D eigenvalue weighted by atomic mass is 9.95. The van der Waals surface area contributed by atoms with Crippen LogP contribution in [0.3, 0.4) is 0 Å². The van der Waals surface area contributed by atoms with Crippen molar-refractivity contribution in [2.75, 3.05) is 0 Å². The molecule has 5 unspecified atom stereocenters. The van der Waals surface area contributed by atoms with Gasteiger partial charge < -0.3 is 19.3 Å². The van der Waals surface area contributed by atoms with Crippen LogP contribution in [0, 0.1) is 5.92 Å². The van der Waals surface area contributed by atoms with Gasteiger partial charge in [-0.2, -0.15) is 0 Å². The fourth-order valence-corrected chi connectivity index (χ4v) is 5.05. The maximum Gasteiger partial charge on any atom is 0.310 e. The van der Waals surface area contributed by atoms with E-state index < -0.39 is 0 Å². The summed E-state index contributed by atoms with van der Waals surface area (Å²) in [6.07, 6.45) is 17.4. The summed E-state index contributed by atoms with van der Waals surface area (Å²) < 4.78 is 18.0. The average Bonchev–Trinajstić information content (AvgIpc) is 3.25. The molecule has 0 aromatic heterocycles. The minimum absolute atomic E-state index is 0.178. The number of ether oxygens (including phenoxy) is 3. The lowest BCUT2D eigenvalue weighted by molar-refractivity contribution is -0.269. The number of hydrogen-bond donors (Lipinski definition) is 1. The number of carbonyl (C=O) groups excluding carboxylic acids is 1. The van der Waals surface area contributed by atoms with E-state index in [1.54, 1.807) is 6.08 Å². The lowest BCUT2D eigenvalue weighted by Crippen LogP contribution is -2.40. The zero-order valence-corrected chi connectivity index (χ0v) is 19.7. The van der Waals surface area contributed by atoms with Crippen molar-refractivity contribution in [1.29, 1.82) is 0 Å². The second-order valence-corrected chi connectivity index (χ2v) is 9.85. The summed E-state index contributed by atoms with van der Waals surface area (Å²) in [5.41, 5.74) is 0.911. The fraction of sp³-hybridized carbons (Fsp3) is 0.808. The minimum Gasteiger partial charge on any atom is -0.508 e. The molecule has 0 aliphatic carbocycles. The Kier molecular flexibility index (Phi) is 9.03. The Balaban J connectivity index is 1.34. The number of unbranched alkanes of at least 4 members (excludes halogenated alkanes) is 3. The first-order valence-corrected chi connectivity index (χ1v) is 12.6. The van der Waals surface area contributed by atoms with E-state index in [0.717, 1.165) is 63.4 Å². The van der Waals surface area contributed by atoms with Crippen LogP contribution in [0.25, 0.3) is 0 Å². The quantitative estimate of drug-likeness (QED) is 0.241. The van der Waals surface area contributed by atoms with Crippen molar-refractivity contribution in [3.8, 4) is 0 Å². The van der Waals surface area contributed by atoms with E-state index in [0.29, 0.717) is 24.5 Å². The maximum absolute atomic E-state index is 11.8. The van der Waals surface area contributed by atoms with E-state index in [9.17, 15) is 9.90 Å². The second kappa shape index (κ2) is 11.5. The molecule has 3 rings (SSSR count). The highest BCUT2D eigenvalue weighted by molar-refractivity contribution is 5.76. The maximum atomic E-state index is 11.8. The van der Waals surface area contributed by atoms with E-state index in [4.69, 9.17) is 14.2 Å². The molecule has 176 valence electrons. The average molecular weight is 435 g/mol. The normalized spacial score (nSPS) is 33.9. The highest BCUT2D eigenvalue weighted by Gasteiger charge is 2.43. The van der Waals surface area contributed by atoms with E-state index >= 15 is 0 Å². The molecule has 0 aromatic carbocycles. The van der Waals surface area contributed by atoms with E-state index in [-0.39, 0.29) is 23.6 Å². The van der Waals surface area contributed by atoms with E-state index in [1.807, 2.05) is 6.08 Å². The Morgan fingerprint density at radius 2 is 1.94 bits per heavy atom. The summed E-state index contributed by atoms with van der Waals surface area (Å²) in [5.74, 6) is 0.102. The van der Waals surface area contributed by atoms with Crippen LogP contribution in [0.5, 0.6) is 0 Å². The smallest absolute Gasteiger partial charge is 0.310 e. The van der Waals surface area contributed by atoms with E-state index in [1.165, 1.54) is 19.3 Å². The second-order valence-electron chi connectivity index (χ2n) is 9.85. The predicted octanol–water partition coefficient (Wildman–Crippen LogP) is 6.52. The SMILES string of the molecule is CCC(C)/C=C(O)\C=C1/CC(=O)OC1CCCCCCC1CCCC2(CCC(C)O2)O1. The number of cyclic esters (lactones) is 1. The van der Waals surface area contributed by atoms with Gasteiger partial charge >= 0.3 is 5.97 Å². The molecule has 3 aliphatic rings.